The molecule has 0 aliphatic heterocycles. The van der Waals surface area contributed by atoms with E-state index < -0.39 is 17.4 Å². The Morgan fingerprint density at radius 1 is 1.13 bits per heavy atom. The maximum absolute atomic E-state index is 11.5. The van der Waals surface area contributed by atoms with E-state index in [4.69, 9.17) is 4.74 Å². The molecule has 0 spiro atoms. The molecule has 15 heavy (non-hydrogen) atoms. The molecule has 0 fully saturated rings. The summed E-state index contributed by atoms with van der Waals surface area (Å²) in [4.78, 5) is 22.9. The minimum absolute atomic E-state index is 0.157. The van der Waals surface area contributed by atoms with Crippen LogP contribution in [0.25, 0.3) is 0 Å². The molecular formula is C11H21NO3. The molecule has 0 aliphatic rings. The van der Waals surface area contributed by atoms with Crippen LogP contribution in [0, 0.1) is 5.41 Å². The van der Waals surface area contributed by atoms with E-state index in [1.54, 1.807) is 41.5 Å². The third kappa shape index (κ3) is 5.40. The maximum Gasteiger partial charge on any atom is 0.328 e. The number of carbonyl (C=O) groups is 2. The van der Waals surface area contributed by atoms with Crippen LogP contribution in [0.2, 0.25) is 0 Å². The van der Waals surface area contributed by atoms with Gasteiger partial charge >= 0.3 is 5.97 Å². The number of esters is 1. The Labute approximate surface area is 91.4 Å². The number of amides is 1. The Balaban J connectivity index is 4.20. The number of nitrogens with one attached hydrogen (secondary N) is 1. The molecule has 88 valence electrons. The highest BCUT2D eigenvalue weighted by molar-refractivity contribution is 5.87. The second kappa shape index (κ2) is 5.14. The van der Waals surface area contributed by atoms with E-state index in [0.717, 1.165) is 0 Å². The van der Waals surface area contributed by atoms with E-state index >= 15 is 0 Å². The largest absolute Gasteiger partial charge is 0.461 e. The van der Waals surface area contributed by atoms with Gasteiger partial charge < -0.3 is 10.1 Å². The third-order valence-electron chi connectivity index (χ3n) is 1.73. The van der Waals surface area contributed by atoms with Crippen LogP contribution in [0.4, 0.5) is 0 Å². The molecule has 0 aromatic heterocycles. The molecule has 0 rings (SSSR count). The third-order valence-corrected chi connectivity index (χ3v) is 1.73. The quantitative estimate of drug-likeness (QED) is 0.726. The first-order valence-electron chi connectivity index (χ1n) is 5.16. The molecule has 1 amide bonds. The molecule has 1 unspecified atom stereocenters. The second-order valence-electron chi connectivity index (χ2n) is 4.93. The van der Waals surface area contributed by atoms with Crippen molar-refractivity contribution in [1.82, 2.24) is 5.32 Å². The number of hydrogen-bond donors (Lipinski definition) is 1. The fraction of sp³-hybridized carbons (Fsp3) is 0.818. The fourth-order valence-corrected chi connectivity index (χ4v) is 0.806. The number of ether oxygens (including phenoxy) is 1. The summed E-state index contributed by atoms with van der Waals surface area (Å²) in [5, 5.41) is 2.61. The van der Waals surface area contributed by atoms with E-state index in [2.05, 4.69) is 5.32 Å². The molecule has 0 aromatic carbocycles. The predicted octanol–water partition coefficient (Wildman–Crippen LogP) is 1.49. The zero-order valence-electron chi connectivity index (χ0n) is 10.4. The van der Waals surface area contributed by atoms with Gasteiger partial charge in [-0.25, -0.2) is 4.79 Å². The highest BCUT2D eigenvalue weighted by atomic mass is 16.5. The van der Waals surface area contributed by atoms with Crippen LogP contribution in [0.1, 0.15) is 41.5 Å². The van der Waals surface area contributed by atoms with Crippen molar-refractivity contribution in [2.45, 2.75) is 53.7 Å². The molecule has 0 saturated heterocycles. The topological polar surface area (TPSA) is 55.4 Å². The van der Waals surface area contributed by atoms with Gasteiger partial charge in [-0.15, -0.1) is 0 Å². The van der Waals surface area contributed by atoms with Gasteiger partial charge in [0.25, 0.3) is 0 Å². The minimum Gasteiger partial charge on any atom is -0.461 e. The molecule has 0 heterocycles. The highest BCUT2D eigenvalue weighted by Crippen LogP contribution is 2.12. The average molecular weight is 215 g/mol. The molecule has 0 bridgehead atoms. The first-order chi connectivity index (χ1) is 6.64. The molecule has 1 atom stereocenters. The average Bonchev–Trinajstić information content (AvgIpc) is 2.00. The molecule has 0 saturated carbocycles. The van der Waals surface area contributed by atoms with Crippen molar-refractivity contribution in [1.29, 1.82) is 0 Å². The lowest BCUT2D eigenvalue weighted by atomic mass is 9.95. The summed E-state index contributed by atoms with van der Waals surface area (Å²) in [6.07, 6.45) is -0.161. The molecular weight excluding hydrogens is 194 g/mol. The molecule has 4 nitrogen and oxygen atoms in total. The van der Waals surface area contributed by atoms with Crippen LogP contribution in [-0.4, -0.2) is 24.0 Å². The van der Waals surface area contributed by atoms with E-state index in [0.29, 0.717) is 0 Å². The Morgan fingerprint density at radius 3 is 1.93 bits per heavy atom. The van der Waals surface area contributed by atoms with E-state index in [-0.39, 0.29) is 12.0 Å². The van der Waals surface area contributed by atoms with Crippen molar-refractivity contribution in [3.8, 4) is 0 Å². The summed E-state index contributed by atoms with van der Waals surface area (Å²) in [6.45, 7) is 10.6. The van der Waals surface area contributed by atoms with Gasteiger partial charge in [0.1, 0.15) is 6.04 Å². The van der Waals surface area contributed by atoms with Crippen molar-refractivity contribution in [3.63, 3.8) is 0 Å². The maximum atomic E-state index is 11.5. The van der Waals surface area contributed by atoms with Crippen LogP contribution >= 0.6 is 0 Å². The fourth-order valence-electron chi connectivity index (χ4n) is 0.806. The first kappa shape index (κ1) is 13.9. The lowest BCUT2D eigenvalue weighted by Gasteiger charge is -2.21. The summed E-state index contributed by atoms with van der Waals surface area (Å²) in [5.41, 5.74) is -0.494. The van der Waals surface area contributed by atoms with Gasteiger partial charge in [0.2, 0.25) is 5.91 Å². The minimum atomic E-state index is -0.598. The standard InChI is InChI=1S/C11H21NO3/c1-7(2)15-9(13)8(3)12-10(14)11(4,5)6/h7-8H,1-6H3,(H,12,14). The predicted molar refractivity (Wildman–Crippen MR) is 58.3 cm³/mol. The summed E-state index contributed by atoms with van der Waals surface area (Å²) in [6, 6.07) is -0.598. The molecule has 0 radical (unpaired) electrons. The summed E-state index contributed by atoms with van der Waals surface area (Å²) in [5.74, 6) is -0.557. The lowest BCUT2D eigenvalue weighted by Crippen LogP contribution is -2.45. The van der Waals surface area contributed by atoms with Crippen molar-refractivity contribution >= 4 is 11.9 Å². The van der Waals surface area contributed by atoms with Crippen LogP contribution < -0.4 is 5.32 Å². The molecule has 4 heteroatoms. The smallest absolute Gasteiger partial charge is 0.328 e. The van der Waals surface area contributed by atoms with Gasteiger partial charge in [0.15, 0.2) is 0 Å². The van der Waals surface area contributed by atoms with Crippen molar-refractivity contribution in [2.24, 2.45) is 5.41 Å². The van der Waals surface area contributed by atoms with E-state index in [1.165, 1.54) is 0 Å². The van der Waals surface area contributed by atoms with Gasteiger partial charge in [0, 0.05) is 5.41 Å². The lowest BCUT2D eigenvalue weighted by molar-refractivity contribution is -0.151. The highest BCUT2D eigenvalue weighted by Gasteiger charge is 2.25. The summed E-state index contributed by atoms with van der Waals surface area (Å²) in [7, 11) is 0. The Morgan fingerprint density at radius 2 is 1.60 bits per heavy atom. The molecule has 0 aliphatic carbocycles. The van der Waals surface area contributed by atoms with Crippen molar-refractivity contribution < 1.29 is 14.3 Å². The number of hydrogen-bond acceptors (Lipinski definition) is 3. The van der Waals surface area contributed by atoms with E-state index in [9.17, 15) is 9.59 Å². The van der Waals surface area contributed by atoms with Crippen molar-refractivity contribution in [3.05, 3.63) is 0 Å². The SMILES string of the molecule is CC(C)OC(=O)C(C)NC(=O)C(C)(C)C. The number of carbonyl (C=O) groups excluding carboxylic acids is 2. The van der Waals surface area contributed by atoms with Crippen LogP contribution in [0.3, 0.4) is 0 Å². The van der Waals surface area contributed by atoms with Crippen molar-refractivity contribution in [2.75, 3.05) is 0 Å². The number of rotatable bonds is 3. The zero-order valence-corrected chi connectivity index (χ0v) is 10.4. The molecule has 0 aromatic rings. The van der Waals surface area contributed by atoms with Gasteiger partial charge in [-0.3, -0.25) is 4.79 Å². The van der Waals surface area contributed by atoms with Crippen LogP contribution in [0.15, 0.2) is 0 Å². The van der Waals surface area contributed by atoms with Crippen LogP contribution in [-0.2, 0) is 14.3 Å². The van der Waals surface area contributed by atoms with Gasteiger partial charge in [-0.05, 0) is 20.8 Å². The summed E-state index contributed by atoms with van der Waals surface area (Å²) >= 11 is 0. The first-order valence-corrected chi connectivity index (χ1v) is 5.16. The van der Waals surface area contributed by atoms with Gasteiger partial charge in [0.05, 0.1) is 6.10 Å². The summed E-state index contributed by atoms with van der Waals surface area (Å²) < 4.78 is 4.97. The van der Waals surface area contributed by atoms with Crippen LogP contribution in [0.5, 0.6) is 0 Å². The Kier molecular flexibility index (Phi) is 4.78. The zero-order chi connectivity index (χ0) is 12.2. The van der Waals surface area contributed by atoms with E-state index in [1.807, 2.05) is 0 Å². The monoisotopic (exact) mass is 215 g/mol. The van der Waals surface area contributed by atoms with Gasteiger partial charge in [-0.2, -0.15) is 0 Å². The second-order valence-corrected chi connectivity index (χ2v) is 4.93. The molecule has 1 N–H and O–H groups in total. The normalized spacial score (nSPS) is 13.5. The Bertz CT molecular complexity index is 241. The van der Waals surface area contributed by atoms with Gasteiger partial charge in [-0.1, -0.05) is 20.8 Å². The Hall–Kier alpha value is -1.06.